The topological polar surface area (TPSA) is 111 Å². The van der Waals surface area contributed by atoms with Crippen LogP contribution in [0, 0.1) is 0 Å². The lowest BCUT2D eigenvalue weighted by atomic mass is 10.0. The molecule has 3 atom stereocenters. The molecule has 0 fully saturated rings. The van der Waals surface area contributed by atoms with E-state index in [2.05, 4.69) is 50.4 Å². The van der Waals surface area contributed by atoms with Crippen LogP contribution in [-0.4, -0.2) is 74.3 Å². The van der Waals surface area contributed by atoms with Gasteiger partial charge in [0.25, 0.3) is 0 Å². The van der Waals surface area contributed by atoms with Crippen LogP contribution < -0.4 is 5.32 Å². The maximum absolute atomic E-state index is 13.5. The highest BCUT2D eigenvalue weighted by Crippen LogP contribution is 2.43. The number of quaternary nitrogens is 1. The first-order valence-corrected chi connectivity index (χ1v) is 33.3. The van der Waals surface area contributed by atoms with E-state index in [4.69, 9.17) is 13.8 Å². The van der Waals surface area contributed by atoms with Crippen LogP contribution in [0.4, 0.5) is 0 Å². The highest BCUT2D eigenvalue weighted by Gasteiger charge is 2.30. The molecule has 3 unspecified atom stereocenters. The molecule has 0 bridgehead atoms. The average Bonchev–Trinajstić information content (AvgIpc) is 3.36. The van der Waals surface area contributed by atoms with Crippen molar-refractivity contribution in [3.05, 3.63) is 36.5 Å². The fourth-order valence-electron chi connectivity index (χ4n) is 9.34. The molecule has 0 aromatic carbocycles. The Morgan fingerprint density at radius 1 is 0.459 bits per heavy atom. The van der Waals surface area contributed by atoms with Gasteiger partial charge in [-0.1, -0.05) is 250 Å². The Bertz CT molecular complexity index is 1360. The van der Waals surface area contributed by atoms with Gasteiger partial charge in [-0.15, -0.1) is 0 Å². The Morgan fingerprint density at radius 3 is 1.16 bits per heavy atom. The Kier molecular flexibility index (Phi) is 53.3. The average molecular weight is 1060 g/mol. The van der Waals surface area contributed by atoms with Crippen molar-refractivity contribution in [3.8, 4) is 0 Å². The molecule has 0 saturated carbocycles. The van der Waals surface area contributed by atoms with Gasteiger partial charge in [-0.2, -0.15) is 0 Å². The number of nitrogens with one attached hydrogen (secondary N) is 1. The van der Waals surface area contributed by atoms with Gasteiger partial charge in [0.1, 0.15) is 19.3 Å². The third-order valence-corrected chi connectivity index (χ3v) is 15.3. The van der Waals surface area contributed by atoms with Gasteiger partial charge in [-0.05, 0) is 83.1 Å². The lowest BCUT2D eigenvalue weighted by Crippen LogP contribution is -2.47. The van der Waals surface area contributed by atoms with Crippen molar-refractivity contribution in [2.75, 3.05) is 40.9 Å². The van der Waals surface area contributed by atoms with Crippen LogP contribution in [0.2, 0.25) is 0 Å². The smallest absolute Gasteiger partial charge is 0.456 e. The molecule has 2 N–H and O–H groups in total. The Balaban J connectivity index is 5.11. The van der Waals surface area contributed by atoms with Gasteiger partial charge in [0, 0.05) is 12.8 Å². The molecular formula is C64H124N2O7P+. The van der Waals surface area contributed by atoms with Crippen molar-refractivity contribution in [1.29, 1.82) is 0 Å². The molecule has 0 aromatic rings. The van der Waals surface area contributed by atoms with Crippen LogP contribution in [0.5, 0.6) is 0 Å². The summed E-state index contributed by atoms with van der Waals surface area (Å²) in [5, 5.41) is 3.05. The van der Waals surface area contributed by atoms with Gasteiger partial charge >= 0.3 is 13.8 Å². The van der Waals surface area contributed by atoms with Crippen molar-refractivity contribution < 1.29 is 37.3 Å². The SMILES string of the molecule is CCCCCCCC/C=C/CCCCCCCCCCCCCCCC(=O)OC(/C=C\CCCCCCCCCCC)C(COP(=O)(O)OCC[N+](C)(C)C)NC(=O)CCCCC/C=C\CCCCCCCCC. The second-order valence-electron chi connectivity index (χ2n) is 22.9. The Morgan fingerprint density at radius 2 is 0.784 bits per heavy atom. The first kappa shape index (κ1) is 72.2. The summed E-state index contributed by atoms with van der Waals surface area (Å²) in [5.41, 5.74) is 0. The van der Waals surface area contributed by atoms with Crippen LogP contribution in [0.3, 0.4) is 0 Å². The number of hydrogen-bond acceptors (Lipinski definition) is 6. The summed E-state index contributed by atoms with van der Waals surface area (Å²) in [6, 6.07) is -0.852. The minimum atomic E-state index is -4.45. The monoisotopic (exact) mass is 1060 g/mol. The van der Waals surface area contributed by atoms with E-state index in [0.717, 1.165) is 70.6 Å². The van der Waals surface area contributed by atoms with E-state index < -0.39 is 20.0 Å². The van der Waals surface area contributed by atoms with Gasteiger partial charge in [-0.25, -0.2) is 4.57 Å². The van der Waals surface area contributed by atoms with E-state index in [1.165, 1.54) is 205 Å². The fraction of sp³-hybridized carbons (Fsp3) is 0.875. The molecule has 436 valence electrons. The maximum Gasteiger partial charge on any atom is 0.472 e. The van der Waals surface area contributed by atoms with Crippen molar-refractivity contribution in [2.24, 2.45) is 0 Å². The fourth-order valence-corrected chi connectivity index (χ4v) is 10.1. The van der Waals surface area contributed by atoms with E-state index >= 15 is 0 Å². The third-order valence-electron chi connectivity index (χ3n) is 14.3. The Labute approximate surface area is 459 Å². The molecule has 10 heteroatoms. The number of nitrogens with zero attached hydrogens (tertiary/aromatic N) is 1. The predicted octanol–water partition coefficient (Wildman–Crippen LogP) is 19.5. The zero-order valence-corrected chi connectivity index (χ0v) is 50.7. The molecule has 1 amide bonds. The van der Waals surface area contributed by atoms with E-state index in [9.17, 15) is 19.0 Å². The second-order valence-corrected chi connectivity index (χ2v) is 24.4. The third kappa shape index (κ3) is 55.0. The molecular weight excluding hydrogens is 940 g/mol. The number of esters is 1. The number of likely N-dealkylation sites (N-methyl/N-ethyl adjacent to an activating group) is 1. The molecule has 0 saturated heterocycles. The molecule has 74 heavy (non-hydrogen) atoms. The summed E-state index contributed by atoms with van der Waals surface area (Å²) < 4.78 is 30.7. The summed E-state index contributed by atoms with van der Waals surface area (Å²) in [6.07, 6.45) is 65.8. The molecule has 9 nitrogen and oxygen atoms in total. The molecule has 0 aliphatic rings. The summed E-state index contributed by atoms with van der Waals surface area (Å²) in [6.45, 7) is 7.02. The van der Waals surface area contributed by atoms with Crippen molar-refractivity contribution in [3.63, 3.8) is 0 Å². The van der Waals surface area contributed by atoms with Crippen molar-refractivity contribution >= 4 is 19.7 Å². The van der Waals surface area contributed by atoms with Crippen LogP contribution in [0.25, 0.3) is 0 Å². The molecule has 0 heterocycles. The quantitative estimate of drug-likeness (QED) is 0.0205. The van der Waals surface area contributed by atoms with Crippen LogP contribution >= 0.6 is 7.82 Å². The first-order chi connectivity index (χ1) is 35.9. The lowest BCUT2D eigenvalue weighted by molar-refractivity contribution is -0.870. The standard InChI is InChI=1S/C64H123N2O7P/c1-7-10-13-16-19-22-25-27-29-30-31-32-33-34-35-36-37-39-42-45-48-51-54-57-64(68)73-62(55-52-49-46-43-40-24-21-18-15-12-9-3)61(60-72-74(69,70)71-59-58-66(4,5)6)65-63(67)56-53-50-47-44-41-38-28-26-23-20-17-14-11-8-2/h27,29,38,41,52,55,61-62H,7-26,28,30-37,39-40,42-51,53-54,56-60H2,1-6H3,(H-,65,67,69,70)/p+1/b29-27+,41-38-,55-52-. The van der Waals surface area contributed by atoms with Gasteiger partial charge in [-0.3, -0.25) is 18.6 Å². The zero-order chi connectivity index (χ0) is 54.3. The number of phosphoric ester groups is 1. The molecule has 0 aromatic heterocycles. The normalized spacial score (nSPS) is 13.9. The summed E-state index contributed by atoms with van der Waals surface area (Å²) >= 11 is 0. The number of carbonyl (C=O) groups is 2. The largest absolute Gasteiger partial charge is 0.472 e. The minimum Gasteiger partial charge on any atom is -0.456 e. The summed E-state index contributed by atoms with van der Waals surface area (Å²) in [5.74, 6) is -0.513. The zero-order valence-electron chi connectivity index (χ0n) is 49.9. The van der Waals surface area contributed by atoms with E-state index in [0.29, 0.717) is 23.9 Å². The number of phosphoric acid groups is 1. The van der Waals surface area contributed by atoms with Crippen molar-refractivity contribution in [1.82, 2.24) is 5.32 Å². The number of carbonyl (C=O) groups excluding carboxylic acids is 2. The highest BCUT2D eigenvalue weighted by molar-refractivity contribution is 7.47. The first-order valence-electron chi connectivity index (χ1n) is 31.8. The highest BCUT2D eigenvalue weighted by atomic mass is 31.2. The van der Waals surface area contributed by atoms with Gasteiger partial charge in [0.2, 0.25) is 5.91 Å². The summed E-state index contributed by atoms with van der Waals surface area (Å²) in [4.78, 5) is 37.7. The van der Waals surface area contributed by atoms with E-state index in [-0.39, 0.29) is 25.1 Å². The summed E-state index contributed by atoms with van der Waals surface area (Å²) in [7, 11) is 1.50. The number of amides is 1. The lowest BCUT2D eigenvalue weighted by Gasteiger charge is -2.27. The molecule has 0 rings (SSSR count). The van der Waals surface area contributed by atoms with Gasteiger partial charge < -0.3 is 19.4 Å². The molecule has 0 radical (unpaired) electrons. The Hall–Kier alpha value is -1.77. The maximum atomic E-state index is 13.5. The number of hydrogen-bond donors (Lipinski definition) is 2. The molecule has 0 aliphatic carbocycles. The minimum absolute atomic E-state index is 0.0394. The van der Waals surface area contributed by atoms with Crippen LogP contribution in [0.1, 0.15) is 310 Å². The predicted molar refractivity (Wildman–Crippen MR) is 319 cm³/mol. The second kappa shape index (κ2) is 54.6. The number of allylic oxidation sites excluding steroid dienone is 5. The van der Waals surface area contributed by atoms with Crippen LogP contribution in [-0.2, 0) is 27.9 Å². The van der Waals surface area contributed by atoms with Gasteiger partial charge in [0.05, 0.1) is 33.8 Å². The van der Waals surface area contributed by atoms with Crippen molar-refractivity contribution in [2.45, 2.75) is 322 Å². The van der Waals surface area contributed by atoms with Crippen LogP contribution in [0.15, 0.2) is 36.5 Å². The van der Waals surface area contributed by atoms with Gasteiger partial charge in [0.15, 0.2) is 0 Å². The molecule has 0 spiro atoms. The van der Waals surface area contributed by atoms with E-state index in [1.54, 1.807) is 0 Å². The number of rotatable bonds is 58. The number of unbranched alkanes of at least 4 members (excludes halogenated alkanes) is 38. The van der Waals surface area contributed by atoms with E-state index in [1.807, 2.05) is 33.3 Å². The number of ether oxygens (including phenoxy) is 1. The molecule has 0 aliphatic heterocycles.